The standard InChI is InChI=1S/C17H22N4O/c1-13-4-3-5-17(20-13)21-8-9-22-16(11-21)7-6-15-10-14(2)18-12-19-15/h3-5,10,12,16H,6-9,11H2,1-2H3/t16-/m1/s1. The first-order chi connectivity index (χ1) is 10.7. The molecule has 0 saturated carbocycles. The maximum atomic E-state index is 5.90. The van der Waals surface area contributed by atoms with Crippen molar-refractivity contribution in [3.05, 3.63) is 47.7 Å². The quantitative estimate of drug-likeness (QED) is 0.867. The molecule has 0 unspecified atom stereocenters. The fourth-order valence-electron chi connectivity index (χ4n) is 2.76. The summed E-state index contributed by atoms with van der Waals surface area (Å²) in [5.74, 6) is 1.05. The third kappa shape index (κ3) is 3.80. The van der Waals surface area contributed by atoms with E-state index in [2.05, 4.69) is 32.0 Å². The zero-order valence-electron chi connectivity index (χ0n) is 13.2. The molecule has 1 saturated heterocycles. The summed E-state index contributed by atoms with van der Waals surface area (Å²) in [5, 5.41) is 0. The largest absolute Gasteiger partial charge is 0.375 e. The number of ether oxygens (including phenoxy) is 1. The van der Waals surface area contributed by atoms with Gasteiger partial charge in [-0.3, -0.25) is 0 Å². The van der Waals surface area contributed by atoms with Gasteiger partial charge in [0.2, 0.25) is 0 Å². The highest BCUT2D eigenvalue weighted by Gasteiger charge is 2.21. The third-order valence-electron chi connectivity index (χ3n) is 3.92. The van der Waals surface area contributed by atoms with Crippen LogP contribution in [0.15, 0.2) is 30.6 Å². The zero-order chi connectivity index (χ0) is 15.4. The van der Waals surface area contributed by atoms with Crippen molar-refractivity contribution in [1.82, 2.24) is 15.0 Å². The summed E-state index contributed by atoms with van der Waals surface area (Å²) in [6, 6.07) is 8.20. The van der Waals surface area contributed by atoms with Crippen LogP contribution in [0, 0.1) is 13.8 Å². The number of pyridine rings is 1. The van der Waals surface area contributed by atoms with Crippen molar-refractivity contribution in [2.45, 2.75) is 32.8 Å². The molecule has 0 bridgehead atoms. The van der Waals surface area contributed by atoms with Gasteiger partial charge in [-0.1, -0.05) is 6.07 Å². The van der Waals surface area contributed by atoms with E-state index >= 15 is 0 Å². The molecule has 116 valence electrons. The Balaban J connectivity index is 1.59. The van der Waals surface area contributed by atoms with Crippen LogP contribution < -0.4 is 4.90 Å². The van der Waals surface area contributed by atoms with Crippen molar-refractivity contribution in [3.8, 4) is 0 Å². The second kappa shape index (κ2) is 6.83. The first-order valence-corrected chi connectivity index (χ1v) is 7.78. The molecule has 3 heterocycles. The van der Waals surface area contributed by atoms with E-state index in [1.807, 2.05) is 26.0 Å². The molecular weight excluding hydrogens is 276 g/mol. The van der Waals surface area contributed by atoms with E-state index in [4.69, 9.17) is 4.74 Å². The van der Waals surface area contributed by atoms with Crippen molar-refractivity contribution >= 4 is 5.82 Å². The van der Waals surface area contributed by atoms with Gasteiger partial charge in [0.05, 0.1) is 12.7 Å². The minimum atomic E-state index is 0.228. The summed E-state index contributed by atoms with van der Waals surface area (Å²) in [6.07, 6.45) is 3.75. The fourth-order valence-corrected chi connectivity index (χ4v) is 2.76. The van der Waals surface area contributed by atoms with E-state index in [1.54, 1.807) is 6.33 Å². The van der Waals surface area contributed by atoms with Gasteiger partial charge in [-0.2, -0.15) is 0 Å². The summed E-state index contributed by atoms with van der Waals surface area (Å²) in [4.78, 5) is 15.4. The van der Waals surface area contributed by atoms with E-state index in [1.165, 1.54) is 0 Å². The van der Waals surface area contributed by atoms with Crippen molar-refractivity contribution in [2.75, 3.05) is 24.6 Å². The molecule has 0 aliphatic carbocycles. The lowest BCUT2D eigenvalue weighted by molar-refractivity contribution is 0.0350. The molecule has 2 aromatic heterocycles. The Bertz CT molecular complexity index is 632. The molecule has 0 aromatic carbocycles. The third-order valence-corrected chi connectivity index (χ3v) is 3.92. The zero-order valence-corrected chi connectivity index (χ0v) is 13.2. The number of hydrogen-bond acceptors (Lipinski definition) is 5. The monoisotopic (exact) mass is 298 g/mol. The molecule has 0 radical (unpaired) electrons. The molecule has 0 N–H and O–H groups in total. The van der Waals surface area contributed by atoms with Gasteiger partial charge in [-0.05, 0) is 44.9 Å². The highest BCUT2D eigenvalue weighted by molar-refractivity contribution is 5.39. The van der Waals surface area contributed by atoms with Gasteiger partial charge in [0.15, 0.2) is 0 Å². The summed E-state index contributed by atoms with van der Waals surface area (Å²) in [7, 11) is 0. The highest BCUT2D eigenvalue weighted by atomic mass is 16.5. The Hall–Kier alpha value is -2.01. The van der Waals surface area contributed by atoms with Crippen LogP contribution in [0.25, 0.3) is 0 Å². The van der Waals surface area contributed by atoms with Gasteiger partial charge in [0.1, 0.15) is 12.1 Å². The van der Waals surface area contributed by atoms with Crippen molar-refractivity contribution in [3.63, 3.8) is 0 Å². The number of aryl methyl sites for hydroxylation is 3. The molecule has 0 amide bonds. The van der Waals surface area contributed by atoms with Crippen LogP contribution in [-0.4, -0.2) is 40.8 Å². The van der Waals surface area contributed by atoms with Crippen LogP contribution in [0.5, 0.6) is 0 Å². The first kappa shape index (κ1) is 14.9. The van der Waals surface area contributed by atoms with Gasteiger partial charge < -0.3 is 9.64 Å². The molecule has 1 aliphatic heterocycles. The Morgan fingerprint density at radius 1 is 1.23 bits per heavy atom. The minimum absolute atomic E-state index is 0.228. The van der Waals surface area contributed by atoms with Gasteiger partial charge in [-0.15, -0.1) is 0 Å². The lowest BCUT2D eigenvalue weighted by atomic mass is 10.1. The van der Waals surface area contributed by atoms with Crippen LogP contribution >= 0.6 is 0 Å². The molecule has 5 heteroatoms. The van der Waals surface area contributed by atoms with E-state index in [-0.39, 0.29) is 6.10 Å². The van der Waals surface area contributed by atoms with Crippen molar-refractivity contribution in [2.24, 2.45) is 0 Å². The molecule has 0 spiro atoms. The Labute approximate surface area is 131 Å². The average molecular weight is 298 g/mol. The molecule has 2 aromatic rings. The van der Waals surface area contributed by atoms with Gasteiger partial charge in [0, 0.05) is 30.2 Å². The van der Waals surface area contributed by atoms with Gasteiger partial charge in [-0.25, -0.2) is 15.0 Å². The number of aromatic nitrogens is 3. The topological polar surface area (TPSA) is 51.1 Å². The molecule has 5 nitrogen and oxygen atoms in total. The number of hydrogen-bond donors (Lipinski definition) is 0. The predicted octanol–water partition coefficient (Wildman–Crippen LogP) is 2.33. The minimum Gasteiger partial charge on any atom is -0.375 e. The second-order valence-corrected chi connectivity index (χ2v) is 5.77. The van der Waals surface area contributed by atoms with Crippen LogP contribution in [0.3, 0.4) is 0 Å². The second-order valence-electron chi connectivity index (χ2n) is 5.77. The number of nitrogens with zero attached hydrogens (tertiary/aromatic N) is 4. The van der Waals surface area contributed by atoms with Crippen LogP contribution in [-0.2, 0) is 11.2 Å². The van der Waals surface area contributed by atoms with Gasteiger partial charge >= 0.3 is 0 Å². The maximum Gasteiger partial charge on any atom is 0.128 e. The van der Waals surface area contributed by atoms with Crippen molar-refractivity contribution in [1.29, 1.82) is 0 Å². The lowest BCUT2D eigenvalue weighted by Crippen LogP contribution is -2.43. The number of morpholine rings is 1. The lowest BCUT2D eigenvalue weighted by Gasteiger charge is -2.34. The molecule has 1 aliphatic rings. The molecule has 22 heavy (non-hydrogen) atoms. The van der Waals surface area contributed by atoms with E-state index in [0.29, 0.717) is 0 Å². The summed E-state index contributed by atoms with van der Waals surface area (Å²) < 4.78 is 5.90. The van der Waals surface area contributed by atoms with Gasteiger partial charge in [0.25, 0.3) is 0 Å². The summed E-state index contributed by atoms with van der Waals surface area (Å²) >= 11 is 0. The van der Waals surface area contributed by atoms with Crippen LogP contribution in [0.4, 0.5) is 5.82 Å². The van der Waals surface area contributed by atoms with E-state index in [9.17, 15) is 0 Å². The first-order valence-electron chi connectivity index (χ1n) is 7.78. The van der Waals surface area contributed by atoms with E-state index < -0.39 is 0 Å². The Kier molecular flexibility index (Phi) is 4.63. The molecular formula is C17H22N4O. The predicted molar refractivity (Wildman–Crippen MR) is 86.0 cm³/mol. The van der Waals surface area contributed by atoms with E-state index in [0.717, 1.165) is 55.4 Å². The molecule has 1 atom stereocenters. The number of anilines is 1. The summed E-state index contributed by atoms with van der Waals surface area (Å²) in [6.45, 7) is 6.56. The fraction of sp³-hybridized carbons (Fsp3) is 0.471. The van der Waals surface area contributed by atoms with Crippen LogP contribution in [0.2, 0.25) is 0 Å². The maximum absolute atomic E-state index is 5.90. The Morgan fingerprint density at radius 2 is 2.14 bits per heavy atom. The highest BCUT2D eigenvalue weighted by Crippen LogP contribution is 2.18. The SMILES string of the molecule is Cc1cc(CC[C@@H]2CN(c3cccc(C)n3)CCO2)ncn1. The normalized spacial score (nSPS) is 18.5. The average Bonchev–Trinajstić information content (AvgIpc) is 2.53. The molecule has 1 fully saturated rings. The Morgan fingerprint density at radius 3 is 2.95 bits per heavy atom. The number of rotatable bonds is 4. The molecule has 3 rings (SSSR count). The summed E-state index contributed by atoms with van der Waals surface area (Å²) in [5.41, 5.74) is 3.15. The smallest absolute Gasteiger partial charge is 0.128 e. The van der Waals surface area contributed by atoms with Crippen molar-refractivity contribution < 1.29 is 4.74 Å². The van der Waals surface area contributed by atoms with Crippen LogP contribution in [0.1, 0.15) is 23.5 Å².